The molecule has 3 aliphatic heterocycles. The molecule has 0 saturated carbocycles. The highest BCUT2D eigenvalue weighted by atomic mass is 19.1. The molecule has 35 heavy (non-hydrogen) atoms. The number of pyridine rings is 1. The zero-order valence-corrected chi connectivity index (χ0v) is 19.7. The van der Waals surface area contributed by atoms with Crippen molar-refractivity contribution in [3.8, 4) is 17.1 Å². The SMILES string of the molecule is C[C@@H](Oc1nc(-c2ccc(N3CCN(C4COC4)CC3)cc2F)cc2[nH]cnc12)[C@H]1CNC(=O)C1. The van der Waals surface area contributed by atoms with Gasteiger partial charge < -0.3 is 24.7 Å². The highest BCUT2D eigenvalue weighted by Crippen LogP contribution is 2.32. The molecule has 3 fully saturated rings. The molecule has 2 atom stereocenters. The van der Waals surface area contributed by atoms with Crippen LogP contribution in [-0.4, -0.2) is 83.8 Å². The van der Waals surface area contributed by atoms with Crippen molar-refractivity contribution in [2.24, 2.45) is 5.92 Å². The van der Waals surface area contributed by atoms with Crippen molar-refractivity contribution in [3.05, 3.63) is 36.4 Å². The second-order valence-electron chi connectivity index (χ2n) is 9.58. The number of piperazine rings is 1. The van der Waals surface area contributed by atoms with Crippen LogP contribution in [0.1, 0.15) is 13.3 Å². The second kappa shape index (κ2) is 9.09. The van der Waals surface area contributed by atoms with E-state index in [-0.39, 0.29) is 23.7 Å². The van der Waals surface area contributed by atoms with E-state index in [0.29, 0.717) is 41.7 Å². The van der Waals surface area contributed by atoms with Crippen LogP contribution in [0.4, 0.5) is 10.1 Å². The third-order valence-electron chi connectivity index (χ3n) is 7.39. The maximum atomic E-state index is 15.4. The standard InChI is InChI=1S/C25H29FN6O3/c1-15(16-8-23(33)27-11-16)35-25-24-22(28-14-29-24)10-21(30-25)19-3-2-17(9-20(19)26)31-4-6-32(7-5-31)18-12-34-13-18/h2-3,9-10,14-16,18H,4-8,11-13H2,1H3,(H,27,33)(H,28,29)/t15-,16-/m1/s1. The first kappa shape index (κ1) is 22.2. The van der Waals surface area contributed by atoms with Crippen LogP contribution >= 0.6 is 0 Å². The Kier molecular flexibility index (Phi) is 5.77. The minimum absolute atomic E-state index is 0.0257. The number of rotatable bonds is 6. The number of fused-ring (bicyclic) bond motifs is 1. The fourth-order valence-electron chi connectivity index (χ4n) is 5.06. The molecule has 10 heteroatoms. The minimum atomic E-state index is -0.326. The van der Waals surface area contributed by atoms with Gasteiger partial charge in [0.15, 0.2) is 5.52 Å². The third-order valence-corrected chi connectivity index (χ3v) is 7.39. The van der Waals surface area contributed by atoms with E-state index >= 15 is 4.39 Å². The molecule has 3 aliphatic rings. The van der Waals surface area contributed by atoms with Gasteiger partial charge in [0.1, 0.15) is 11.9 Å². The Bertz CT molecular complexity index is 1240. The van der Waals surface area contributed by atoms with Crippen molar-refractivity contribution in [3.63, 3.8) is 0 Å². The summed E-state index contributed by atoms with van der Waals surface area (Å²) in [6, 6.07) is 7.66. The van der Waals surface area contributed by atoms with Gasteiger partial charge in [-0.15, -0.1) is 0 Å². The summed E-state index contributed by atoms with van der Waals surface area (Å²) in [4.78, 5) is 28.3. The van der Waals surface area contributed by atoms with Crippen LogP contribution in [0.2, 0.25) is 0 Å². The largest absolute Gasteiger partial charge is 0.473 e. The van der Waals surface area contributed by atoms with E-state index in [2.05, 4.69) is 30.1 Å². The first-order valence-electron chi connectivity index (χ1n) is 12.2. The molecule has 0 unspecified atom stereocenters. The van der Waals surface area contributed by atoms with Crippen molar-refractivity contribution in [1.29, 1.82) is 0 Å². The quantitative estimate of drug-likeness (QED) is 0.558. The number of halogens is 1. The molecule has 2 N–H and O–H groups in total. The molecule has 6 rings (SSSR count). The number of H-pyrrole nitrogens is 1. The molecule has 0 spiro atoms. The smallest absolute Gasteiger partial charge is 0.243 e. The molecule has 0 radical (unpaired) electrons. The summed E-state index contributed by atoms with van der Waals surface area (Å²) in [6.45, 7) is 7.76. The molecule has 0 bridgehead atoms. The average Bonchev–Trinajstić information content (AvgIpc) is 3.47. The molecule has 1 amide bonds. The number of carbonyl (C=O) groups excluding carboxylic acids is 1. The fraction of sp³-hybridized carbons (Fsp3) is 0.480. The van der Waals surface area contributed by atoms with Gasteiger partial charge in [0.25, 0.3) is 0 Å². The predicted octanol–water partition coefficient (Wildman–Crippen LogP) is 2.19. The minimum Gasteiger partial charge on any atom is -0.473 e. The van der Waals surface area contributed by atoms with Crippen molar-refractivity contribution in [2.75, 3.05) is 50.8 Å². The van der Waals surface area contributed by atoms with Gasteiger partial charge in [0.2, 0.25) is 11.8 Å². The molecule has 9 nitrogen and oxygen atoms in total. The van der Waals surface area contributed by atoms with Gasteiger partial charge in [0, 0.05) is 56.3 Å². The van der Waals surface area contributed by atoms with Gasteiger partial charge in [0.05, 0.1) is 36.8 Å². The second-order valence-corrected chi connectivity index (χ2v) is 9.58. The van der Waals surface area contributed by atoms with Crippen LogP contribution in [0, 0.1) is 11.7 Å². The predicted molar refractivity (Wildman–Crippen MR) is 129 cm³/mol. The molecule has 5 heterocycles. The lowest BCUT2D eigenvalue weighted by molar-refractivity contribution is -0.119. The van der Waals surface area contributed by atoms with E-state index < -0.39 is 0 Å². The Balaban J connectivity index is 1.22. The lowest BCUT2D eigenvalue weighted by atomic mass is 10.0. The summed E-state index contributed by atoms with van der Waals surface area (Å²) in [6.07, 6.45) is 1.75. The number of hydrogen-bond acceptors (Lipinski definition) is 7. The number of carbonyl (C=O) groups is 1. The van der Waals surface area contributed by atoms with Gasteiger partial charge in [-0.3, -0.25) is 9.69 Å². The number of benzene rings is 1. The summed E-state index contributed by atoms with van der Waals surface area (Å²) in [7, 11) is 0. The fourth-order valence-corrected chi connectivity index (χ4v) is 5.06. The van der Waals surface area contributed by atoms with Crippen LogP contribution in [0.5, 0.6) is 5.88 Å². The van der Waals surface area contributed by atoms with Gasteiger partial charge >= 0.3 is 0 Å². The number of imidazole rings is 1. The molecular formula is C25H29FN6O3. The lowest BCUT2D eigenvalue weighted by Gasteiger charge is -2.43. The molecule has 2 aromatic heterocycles. The summed E-state index contributed by atoms with van der Waals surface area (Å²) in [5.74, 6) is 0.0893. The van der Waals surface area contributed by atoms with E-state index in [1.807, 2.05) is 13.0 Å². The number of hydrogen-bond donors (Lipinski definition) is 2. The molecule has 184 valence electrons. The summed E-state index contributed by atoms with van der Waals surface area (Å²) < 4.78 is 26.8. The lowest BCUT2D eigenvalue weighted by Crippen LogP contribution is -2.56. The van der Waals surface area contributed by atoms with Gasteiger partial charge in [-0.05, 0) is 31.2 Å². The number of aromatic amines is 1. The molecular weight excluding hydrogens is 451 g/mol. The highest BCUT2D eigenvalue weighted by Gasteiger charge is 2.30. The van der Waals surface area contributed by atoms with Crippen molar-refractivity contribution >= 4 is 22.6 Å². The normalized spacial score (nSPS) is 22.3. The van der Waals surface area contributed by atoms with E-state index in [0.717, 1.165) is 50.6 Å². The van der Waals surface area contributed by atoms with Gasteiger partial charge in [-0.2, -0.15) is 0 Å². The molecule has 3 aromatic rings. The third kappa shape index (κ3) is 4.32. The zero-order valence-electron chi connectivity index (χ0n) is 19.7. The van der Waals surface area contributed by atoms with Crippen LogP contribution in [0.3, 0.4) is 0 Å². The van der Waals surface area contributed by atoms with E-state index in [1.54, 1.807) is 24.5 Å². The monoisotopic (exact) mass is 480 g/mol. The Hall–Kier alpha value is -3.24. The summed E-state index contributed by atoms with van der Waals surface area (Å²) in [5.41, 5.74) is 3.07. The van der Waals surface area contributed by atoms with Crippen LogP contribution < -0.4 is 15.0 Å². The Morgan fingerprint density at radius 2 is 2.03 bits per heavy atom. The maximum Gasteiger partial charge on any atom is 0.243 e. The summed E-state index contributed by atoms with van der Waals surface area (Å²) in [5, 5.41) is 2.84. The molecule has 3 saturated heterocycles. The highest BCUT2D eigenvalue weighted by molar-refractivity contribution is 5.84. The molecule has 0 aliphatic carbocycles. The maximum absolute atomic E-state index is 15.4. The first-order valence-corrected chi connectivity index (χ1v) is 12.2. The number of amides is 1. The van der Waals surface area contributed by atoms with Crippen LogP contribution in [0.15, 0.2) is 30.6 Å². The Labute approximate surface area is 202 Å². The first-order chi connectivity index (χ1) is 17.0. The number of aromatic nitrogens is 3. The number of ether oxygens (including phenoxy) is 2. The van der Waals surface area contributed by atoms with Gasteiger partial charge in [-0.25, -0.2) is 14.4 Å². The topological polar surface area (TPSA) is 95.6 Å². The average molecular weight is 481 g/mol. The number of nitrogens with one attached hydrogen (secondary N) is 2. The zero-order chi connectivity index (χ0) is 23.9. The Morgan fingerprint density at radius 3 is 2.71 bits per heavy atom. The van der Waals surface area contributed by atoms with Gasteiger partial charge in [-0.1, -0.05) is 0 Å². The number of nitrogens with zero attached hydrogens (tertiary/aromatic N) is 4. The van der Waals surface area contributed by atoms with E-state index in [9.17, 15) is 4.79 Å². The van der Waals surface area contributed by atoms with Crippen molar-refractivity contribution in [1.82, 2.24) is 25.2 Å². The van der Waals surface area contributed by atoms with Crippen molar-refractivity contribution < 1.29 is 18.7 Å². The van der Waals surface area contributed by atoms with Crippen LogP contribution in [0.25, 0.3) is 22.3 Å². The van der Waals surface area contributed by atoms with E-state index in [4.69, 9.17) is 9.47 Å². The summed E-state index contributed by atoms with van der Waals surface area (Å²) >= 11 is 0. The Morgan fingerprint density at radius 1 is 1.20 bits per heavy atom. The molecule has 1 aromatic carbocycles. The van der Waals surface area contributed by atoms with E-state index in [1.165, 1.54) is 0 Å². The van der Waals surface area contributed by atoms with Crippen LogP contribution in [-0.2, 0) is 9.53 Å². The van der Waals surface area contributed by atoms with Crippen molar-refractivity contribution in [2.45, 2.75) is 25.5 Å². The number of anilines is 1.